The smallest absolute Gasteiger partial charge is 0.251 e. The molecule has 1 unspecified atom stereocenters. The summed E-state index contributed by atoms with van der Waals surface area (Å²) in [6.45, 7) is 0. The van der Waals surface area contributed by atoms with E-state index in [9.17, 15) is 13.2 Å². The summed E-state index contributed by atoms with van der Waals surface area (Å²) < 4.78 is 23.1. The number of carbonyl (C=O) groups is 1. The first-order valence-electron chi connectivity index (χ1n) is 6.28. The van der Waals surface area contributed by atoms with Crippen molar-refractivity contribution in [2.75, 3.05) is 11.5 Å². The minimum Gasteiger partial charge on any atom is -0.389 e. The van der Waals surface area contributed by atoms with Crippen LogP contribution in [0.15, 0.2) is 24.3 Å². The number of nitrogens with one attached hydrogen (secondary N) is 1. The molecule has 5 nitrogen and oxygen atoms in total. The molecule has 3 N–H and O–H groups in total. The van der Waals surface area contributed by atoms with E-state index in [2.05, 4.69) is 5.32 Å². The minimum absolute atomic E-state index is 0.00767. The fourth-order valence-corrected chi connectivity index (χ4v) is 3.98. The van der Waals surface area contributed by atoms with Crippen LogP contribution in [0.4, 0.5) is 0 Å². The Bertz CT molecular complexity index is 641. The molecular weight excluding hydrogens is 296 g/mol. The van der Waals surface area contributed by atoms with Gasteiger partial charge in [-0.3, -0.25) is 4.79 Å². The molecule has 1 fully saturated rings. The summed E-state index contributed by atoms with van der Waals surface area (Å²) in [5.41, 5.74) is 6.57. The van der Waals surface area contributed by atoms with Crippen molar-refractivity contribution in [1.29, 1.82) is 0 Å². The second-order valence-corrected chi connectivity index (χ2v) is 7.54. The first-order chi connectivity index (χ1) is 9.37. The van der Waals surface area contributed by atoms with Crippen molar-refractivity contribution in [3.63, 3.8) is 0 Å². The monoisotopic (exact) mass is 312 g/mol. The average Bonchev–Trinajstić information content (AvgIpc) is 2.37. The van der Waals surface area contributed by atoms with Crippen LogP contribution in [0.5, 0.6) is 0 Å². The van der Waals surface area contributed by atoms with E-state index < -0.39 is 9.84 Å². The molecule has 1 aliphatic heterocycles. The Morgan fingerprint density at radius 2 is 2.05 bits per heavy atom. The third-order valence-corrected chi connectivity index (χ3v) is 5.26. The maximum atomic E-state index is 12.1. The summed E-state index contributed by atoms with van der Waals surface area (Å²) in [6, 6.07) is 6.35. The summed E-state index contributed by atoms with van der Waals surface area (Å²) in [5, 5.41) is 2.75. The van der Waals surface area contributed by atoms with Crippen LogP contribution in [0.2, 0.25) is 0 Å². The molecular formula is C13H16N2O3S2. The number of hydrogen-bond donors (Lipinski definition) is 2. The Hall–Kier alpha value is -1.47. The van der Waals surface area contributed by atoms with Crippen LogP contribution in [0.3, 0.4) is 0 Å². The maximum Gasteiger partial charge on any atom is 0.251 e. The zero-order valence-corrected chi connectivity index (χ0v) is 12.5. The lowest BCUT2D eigenvalue weighted by Crippen LogP contribution is -2.43. The molecule has 1 atom stereocenters. The number of hydrogen-bond acceptors (Lipinski definition) is 4. The largest absolute Gasteiger partial charge is 0.389 e. The van der Waals surface area contributed by atoms with E-state index in [-0.39, 0.29) is 28.4 Å². The van der Waals surface area contributed by atoms with Crippen molar-refractivity contribution in [2.45, 2.75) is 18.9 Å². The van der Waals surface area contributed by atoms with Gasteiger partial charge in [0.25, 0.3) is 5.91 Å². The van der Waals surface area contributed by atoms with Gasteiger partial charge in [-0.05, 0) is 25.0 Å². The van der Waals surface area contributed by atoms with Crippen LogP contribution >= 0.6 is 12.2 Å². The second-order valence-electron chi connectivity index (χ2n) is 4.87. The van der Waals surface area contributed by atoms with Gasteiger partial charge in [0.05, 0.1) is 11.5 Å². The summed E-state index contributed by atoms with van der Waals surface area (Å²) in [4.78, 5) is 12.3. The molecule has 20 heavy (non-hydrogen) atoms. The van der Waals surface area contributed by atoms with Crippen molar-refractivity contribution in [3.05, 3.63) is 35.4 Å². The van der Waals surface area contributed by atoms with Crippen LogP contribution in [0, 0.1) is 0 Å². The zero-order chi connectivity index (χ0) is 14.8. The molecule has 1 heterocycles. The maximum absolute atomic E-state index is 12.1. The van der Waals surface area contributed by atoms with Gasteiger partial charge in [-0.2, -0.15) is 0 Å². The van der Waals surface area contributed by atoms with Crippen molar-refractivity contribution < 1.29 is 13.2 Å². The van der Waals surface area contributed by atoms with E-state index in [1.165, 1.54) is 0 Å². The molecule has 1 saturated heterocycles. The van der Waals surface area contributed by atoms with Gasteiger partial charge in [-0.1, -0.05) is 24.4 Å². The Morgan fingerprint density at radius 3 is 2.70 bits per heavy atom. The molecule has 1 aromatic rings. The van der Waals surface area contributed by atoms with Crippen molar-refractivity contribution in [3.8, 4) is 0 Å². The summed E-state index contributed by atoms with van der Waals surface area (Å²) in [5.74, 6) is -0.0884. The van der Waals surface area contributed by atoms with Gasteiger partial charge >= 0.3 is 0 Å². The lowest BCUT2D eigenvalue weighted by atomic mass is 10.1. The highest BCUT2D eigenvalue weighted by atomic mass is 32.2. The molecule has 0 spiro atoms. The number of benzene rings is 1. The predicted octanol–water partition coefficient (Wildman–Crippen LogP) is 0.628. The highest BCUT2D eigenvalue weighted by molar-refractivity contribution is 7.91. The lowest BCUT2D eigenvalue weighted by molar-refractivity contribution is 0.0938. The SMILES string of the molecule is NC(=S)c1cccc(C(=O)NC2CCCS(=O)(=O)C2)c1. The highest BCUT2D eigenvalue weighted by Crippen LogP contribution is 2.13. The van der Waals surface area contributed by atoms with Crippen LogP contribution in [-0.4, -0.2) is 36.9 Å². The molecule has 0 radical (unpaired) electrons. The van der Waals surface area contributed by atoms with E-state index in [1.807, 2.05) is 0 Å². The number of amides is 1. The van der Waals surface area contributed by atoms with Crippen molar-refractivity contribution >= 4 is 33.0 Å². The van der Waals surface area contributed by atoms with Crippen LogP contribution in [0.25, 0.3) is 0 Å². The fourth-order valence-electron chi connectivity index (χ4n) is 2.22. The zero-order valence-electron chi connectivity index (χ0n) is 10.8. The Labute approximate surface area is 123 Å². The third-order valence-electron chi connectivity index (χ3n) is 3.21. The highest BCUT2D eigenvalue weighted by Gasteiger charge is 2.26. The normalized spacial score (nSPS) is 21.1. The Balaban J connectivity index is 2.08. The molecule has 1 aliphatic rings. The number of carbonyl (C=O) groups excluding carboxylic acids is 1. The van der Waals surface area contributed by atoms with Gasteiger partial charge in [0.15, 0.2) is 9.84 Å². The molecule has 2 rings (SSSR count). The molecule has 0 bridgehead atoms. The minimum atomic E-state index is -3.04. The lowest BCUT2D eigenvalue weighted by Gasteiger charge is -2.23. The van der Waals surface area contributed by atoms with Gasteiger partial charge in [0, 0.05) is 17.2 Å². The van der Waals surface area contributed by atoms with Gasteiger partial charge in [-0.25, -0.2) is 8.42 Å². The van der Waals surface area contributed by atoms with Crippen LogP contribution in [-0.2, 0) is 9.84 Å². The van der Waals surface area contributed by atoms with E-state index in [0.29, 0.717) is 24.0 Å². The number of thiocarbonyl (C=S) groups is 1. The molecule has 1 aromatic carbocycles. The fraction of sp³-hybridized carbons (Fsp3) is 0.385. The van der Waals surface area contributed by atoms with E-state index >= 15 is 0 Å². The first-order valence-corrected chi connectivity index (χ1v) is 8.51. The Morgan fingerprint density at radius 1 is 1.35 bits per heavy atom. The number of rotatable bonds is 3. The summed E-state index contributed by atoms with van der Waals surface area (Å²) >= 11 is 4.87. The first kappa shape index (κ1) is 14.9. The molecule has 1 amide bonds. The van der Waals surface area contributed by atoms with E-state index in [0.717, 1.165) is 0 Å². The molecule has 7 heteroatoms. The van der Waals surface area contributed by atoms with Gasteiger partial charge < -0.3 is 11.1 Å². The predicted molar refractivity (Wildman–Crippen MR) is 81.5 cm³/mol. The third kappa shape index (κ3) is 3.77. The van der Waals surface area contributed by atoms with Gasteiger partial charge in [-0.15, -0.1) is 0 Å². The van der Waals surface area contributed by atoms with E-state index in [1.54, 1.807) is 24.3 Å². The van der Waals surface area contributed by atoms with Crippen molar-refractivity contribution in [2.24, 2.45) is 5.73 Å². The molecule has 0 saturated carbocycles. The summed E-state index contributed by atoms with van der Waals surface area (Å²) in [6.07, 6.45) is 1.26. The number of nitrogens with two attached hydrogens (primary N) is 1. The van der Waals surface area contributed by atoms with Crippen LogP contribution in [0.1, 0.15) is 28.8 Å². The van der Waals surface area contributed by atoms with Crippen molar-refractivity contribution in [1.82, 2.24) is 5.32 Å². The molecule has 108 valence electrons. The van der Waals surface area contributed by atoms with Crippen LogP contribution < -0.4 is 11.1 Å². The molecule has 0 aliphatic carbocycles. The number of sulfone groups is 1. The quantitative estimate of drug-likeness (QED) is 0.799. The topological polar surface area (TPSA) is 89.3 Å². The average molecular weight is 312 g/mol. The Kier molecular flexibility index (Phi) is 4.39. The van der Waals surface area contributed by atoms with Gasteiger partial charge in [0.1, 0.15) is 4.99 Å². The standard InChI is InChI=1S/C13H16N2O3S2/c14-12(19)9-3-1-4-10(7-9)13(16)15-11-5-2-6-20(17,18)8-11/h1,3-4,7,11H,2,5-6,8H2,(H2,14,19)(H,15,16). The second kappa shape index (κ2) is 5.88. The van der Waals surface area contributed by atoms with Gasteiger partial charge in [0.2, 0.25) is 0 Å². The molecule has 0 aromatic heterocycles. The summed E-state index contributed by atoms with van der Waals surface area (Å²) in [7, 11) is -3.04. The van der Waals surface area contributed by atoms with E-state index in [4.69, 9.17) is 18.0 Å².